The Labute approximate surface area is 148 Å². The molecular formula is C14H26IN5S. The summed E-state index contributed by atoms with van der Waals surface area (Å²) in [5, 5.41) is 6.58. The molecule has 7 heteroatoms. The Bertz CT molecular complexity index is 460. The van der Waals surface area contributed by atoms with E-state index in [4.69, 9.17) is 0 Å². The maximum absolute atomic E-state index is 4.58. The molecular weight excluding hydrogens is 397 g/mol. The Balaban J connectivity index is 0.00000220. The minimum absolute atomic E-state index is 0. The van der Waals surface area contributed by atoms with Crippen molar-refractivity contribution in [3.8, 4) is 0 Å². The van der Waals surface area contributed by atoms with Crippen molar-refractivity contribution in [1.82, 2.24) is 15.2 Å². The number of hydrogen-bond acceptors (Lipinski definition) is 4. The predicted molar refractivity (Wildman–Crippen MR) is 102 cm³/mol. The Kier molecular flexibility index (Phi) is 7.72. The highest BCUT2D eigenvalue weighted by Crippen LogP contribution is 2.18. The van der Waals surface area contributed by atoms with Crippen molar-refractivity contribution in [1.29, 1.82) is 0 Å². The van der Waals surface area contributed by atoms with Gasteiger partial charge in [0.05, 0.1) is 12.2 Å². The van der Waals surface area contributed by atoms with E-state index in [1.807, 2.05) is 26.0 Å². The maximum atomic E-state index is 4.58. The van der Waals surface area contributed by atoms with E-state index in [1.54, 1.807) is 11.3 Å². The summed E-state index contributed by atoms with van der Waals surface area (Å²) in [4.78, 5) is 13.4. The van der Waals surface area contributed by atoms with Crippen LogP contribution in [0.3, 0.4) is 0 Å². The molecule has 0 saturated carbocycles. The second-order valence-corrected chi connectivity index (χ2v) is 6.45. The quantitative estimate of drug-likeness (QED) is 0.461. The molecule has 2 heterocycles. The number of hydrogen-bond donors (Lipinski definition) is 1. The van der Waals surface area contributed by atoms with E-state index in [-0.39, 0.29) is 24.0 Å². The van der Waals surface area contributed by atoms with Gasteiger partial charge in [0.2, 0.25) is 0 Å². The number of piperidine rings is 1. The van der Waals surface area contributed by atoms with Crippen molar-refractivity contribution in [2.24, 2.45) is 10.9 Å². The highest BCUT2D eigenvalue weighted by Gasteiger charge is 2.19. The summed E-state index contributed by atoms with van der Waals surface area (Å²) in [6.07, 6.45) is 2.58. The molecule has 0 amide bonds. The number of aliphatic imine (C=N–C) groups is 1. The van der Waals surface area contributed by atoms with Crippen LogP contribution in [-0.4, -0.2) is 50.1 Å². The van der Waals surface area contributed by atoms with Gasteiger partial charge in [-0.1, -0.05) is 6.92 Å². The van der Waals surface area contributed by atoms with Gasteiger partial charge in [0.1, 0.15) is 0 Å². The normalized spacial score (nSPS) is 19.1. The van der Waals surface area contributed by atoms with Crippen LogP contribution in [0.15, 0.2) is 10.4 Å². The Hall–Kier alpha value is -0.570. The van der Waals surface area contributed by atoms with Crippen molar-refractivity contribution >= 4 is 46.4 Å². The van der Waals surface area contributed by atoms with Crippen LogP contribution in [0, 0.1) is 5.92 Å². The fourth-order valence-electron chi connectivity index (χ4n) is 2.47. The third-order valence-electron chi connectivity index (χ3n) is 3.52. The van der Waals surface area contributed by atoms with E-state index in [1.165, 1.54) is 12.8 Å². The third-order valence-corrected chi connectivity index (χ3v) is 4.58. The molecule has 0 spiro atoms. The molecule has 0 radical (unpaired) electrons. The number of aromatic nitrogens is 1. The van der Waals surface area contributed by atoms with Gasteiger partial charge in [-0.2, -0.15) is 0 Å². The number of halogens is 1. The topological polar surface area (TPSA) is 43.8 Å². The molecule has 1 atom stereocenters. The number of thiazole rings is 1. The average Bonchev–Trinajstić information content (AvgIpc) is 2.88. The molecule has 1 N–H and O–H groups in total. The average molecular weight is 423 g/mol. The molecule has 2 rings (SSSR count). The number of anilines is 1. The lowest BCUT2D eigenvalue weighted by Crippen LogP contribution is -2.45. The van der Waals surface area contributed by atoms with Crippen molar-refractivity contribution in [3.05, 3.63) is 11.1 Å². The van der Waals surface area contributed by atoms with Crippen LogP contribution < -0.4 is 10.2 Å². The summed E-state index contributed by atoms with van der Waals surface area (Å²) in [7, 11) is 5.89. The summed E-state index contributed by atoms with van der Waals surface area (Å²) in [6, 6.07) is 0. The van der Waals surface area contributed by atoms with Gasteiger partial charge in [-0.25, -0.2) is 4.98 Å². The standard InChI is InChI=1S/C14H25N5S.HI/c1-11-6-5-7-19(9-11)13(15-2)16-8-12-10-20-14(17-12)18(3)4;/h10-11H,5-9H2,1-4H3,(H,15,16);1H. The molecule has 1 saturated heterocycles. The van der Waals surface area contributed by atoms with Gasteiger partial charge in [0.15, 0.2) is 11.1 Å². The summed E-state index contributed by atoms with van der Waals surface area (Å²) < 4.78 is 0. The van der Waals surface area contributed by atoms with E-state index >= 15 is 0 Å². The van der Waals surface area contributed by atoms with Crippen LogP contribution in [0.25, 0.3) is 0 Å². The van der Waals surface area contributed by atoms with E-state index in [0.717, 1.165) is 42.3 Å². The molecule has 1 aliphatic rings. The molecule has 1 aromatic heterocycles. The number of rotatable bonds is 3. The molecule has 1 fully saturated rings. The van der Waals surface area contributed by atoms with Gasteiger partial charge >= 0.3 is 0 Å². The van der Waals surface area contributed by atoms with Crippen LogP contribution in [0.1, 0.15) is 25.5 Å². The number of guanidine groups is 1. The highest BCUT2D eigenvalue weighted by atomic mass is 127. The maximum Gasteiger partial charge on any atom is 0.193 e. The Morgan fingerprint density at radius 3 is 2.90 bits per heavy atom. The van der Waals surface area contributed by atoms with Gasteiger partial charge in [0, 0.05) is 39.6 Å². The predicted octanol–water partition coefficient (Wildman–Crippen LogP) is 2.63. The lowest BCUT2D eigenvalue weighted by atomic mass is 10.0. The largest absolute Gasteiger partial charge is 0.354 e. The van der Waals surface area contributed by atoms with Gasteiger partial charge in [0.25, 0.3) is 0 Å². The minimum atomic E-state index is 0. The molecule has 0 aliphatic carbocycles. The first-order valence-corrected chi connectivity index (χ1v) is 8.05. The van der Waals surface area contributed by atoms with Crippen LogP contribution in [-0.2, 0) is 6.54 Å². The van der Waals surface area contributed by atoms with Crippen molar-refractivity contribution < 1.29 is 0 Å². The molecule has 21 heavy (non-hydrogen) atoms. The number of nitrogens with zero attached hydrogens (tertiary/aromatic N) is 4. The summed E-state index contributed by atoms with van der Waals surface area (Å²) in [5.74, 6) is 1.75. The zero-order valence-electron chi connectivity index (χ0n) is 13.3. The second kappa shape index (κ2) is 8.77. The van der Waals surface area contributed by atoms with E-state index in [0.29, 0.717) is 0 Å². The summed E-state index contributed by atoms with van der Waals surface area (Å²) in [5.41, 5.74) is 1.07. The molecule has 120 valence electrons. The highest BCUT2D eigenvalue weighted by molar-refractivity contribution is 14.0. The van der Waals surface area contributed by atoms with Crippen LogP contribution in [0.4, 0.5) is 5.13 Å². The molecule has 1 aromatic rings. The molecule has 1 unspecified atom stereocenters. The molecule has 1 aliphatic heterocycles. The fourth-order valence-corrected chi connectivity index (χ4v) is 3.22. The van der Waals surface area contributed by atoms with E-state index in [9.17, 15) is 0 Å². The fraction of sp³-hybridized carbons (Fsp3) is 0.714. The smallest absolute Gasteiger partial charge is 0.193 e. The first-order chi connectivity index (χ1) is 9.60. The van der Waals surface area contributed by atoms with Crippen LogP contribution in [0.5, 0.6) is 0 Å². The van der Waals surface area contributed by atoms with Gasteiger partial charge in [-0.15, -0.1) is 35.3 Å². The van der Waals surface area contributed by atoms with Crippen LogP contribution in [0.2, 0.25) is 0 Å². The first kappa shape index (κ1) is 18.5. The number of likely N-dealkylation sites (tertiary alicyclic amines) is 1. The van der Waals surface area contributed by atoms with Crippen molar-refractivity contribution in [3.63, 3.8) is 0 Å². The Morgan fingerprint density at radius 2 is 2.33 bits per heavy atom. The Morgan fingerprint density at radius 1 is 1.57 bits per heavy atom. The monoisotopic (exact) mass is 423 g/mol. The summed E-state index contributed by atoms with van der Waals surface area (Å²) >= 11 is 1.67. The summed E-state index contributed by atoms with van der Waals surface area (Å²) in [6.45, 7) is 5.24. The van der Waals surface area contributed by atoms with Crippen molar-refractivity contribution in [2.45, 2.75) is 26.3 Å². The zero-order chi connectivity index (χ0) is 14.5. The molecule has 0 aromatic carbocycles. The molecule has 0 bridgehead atoms. The van der Waals surface area contributed by atoms with Gasteiger partial charge in [-0.3, -0.25) is 4.99 Å². The SMILES string of the molecule is CN=C(NCc1csc(N(C)C)n1)N1CCCC(C)C1.I. The van der Waals surface area contributed by atoms with E-state index in [2.05, 4.69) is 32.5 Å². The van der Waals surface area contributed by atoms with Crippen LogP contribution >= 0.6 is 35.3 Å². The lowest BCUT2D eigenvalue weighted by Gasteiger charge is -2.33. The van der Waals surface area contributed by atoms with E-state index < -0.39 is 0 Å². The second-order valence-electron chi connectivity index (χ2n) is 5.61. The molecule has 5 nitrogen and oxygen atoms in total. The van der Waals surface area contributed by atoms with Crippen molar-refractivity contribution in [2.75, 3.05) is 39.1 Å². The van der Waals surface area contributed by atoms with Gasteiger partial charge in [-0.05, 0) is 18.8 Å². The zero-order valence-corrected chi connectivity index (χ0v) is 16.4. The minimum Gasteiger partial charge on any atom is -0.354 e. The third kappa shape index (κ3) is 5.28. The lowest BCUT2D eigenvalue weighted by molar-refractivity contribution is 0.266. The first-order valence-electron chi connectivity index (χ1n) is 7.17. The number of nitrogens with one attached hydrogen (secondary N) is 1. The van der Waals surface area contributed by atoms with Gasteiger partial charge < -0.3 is 15.1 Å².